The summed E-state index contributed by atoms with van der Waals surface area (Å²) in [5.74, 6) is -1.51. The smallest absolute Gasteiger partial charge is 0.339 e. The van der Waals surface area contributed by atoms with Gasteiger partial charge < -0.3 is 19.3 Å². The van der Waals surface area contributed by atoms with E-state index in [1.807, 2.05) is 51.2 Å². The van der Waals surface area contributed by atoms with Gasteiger partial charge in [0.2, 0.25) is 5.92 Å². The van der Waals surface area contributed by atoms with E-state index >= 15 is 0 Å². The normalized spacial score (nSPS) is 18.8. The number of nitrogens with zero attached hydrogens (tertiary/aromatic N) is 4. The number of alkyl halides is 2. The molecule has 1 aromatic carbocycles. The van der Waals surface area contributed by atoms with Crippen LogP contribution in [0.3, 0.4) is 0 Å². The van der Waals surface area contributed by atoms with Gasteiger partial charge in [-0.3, -0.25) is 9.36 Å². The maximum atomic E-state index is 13.7. The van der Waals surface area contributed by atoms with Crippen LogP contribution in [0.1, 0.15) is 74.0 Å². The summed E-state index contributed by atoms with van der Waals surface area (Å²) >= 11 is 8.03. The number of hydrogen-bond donors (Lipinski definition) is 0. The molecule has 1 atom stereocenters. The van der Waals surface area contributed by atoms with Crippen LogP contribution in [-0.2, 0) is 30.7 Å². The third-order valence-corrected chi connectivity index (χ3v) is 11.0. The molecule has 3 heterocycles. The second-order valence-electron chi connectivity index (χ2n) is 13.1. The molecular weight excluding hydrogens is 646 g/mol. The van der Waals surface area contributed by atoms with Crippen molar-refractivity contribution in [1.82, 2.24) is 19.4 Å². The van der Waals surface area contributed by atoms with Gasteiger partial charge in [0.1, 0.15) is 11.6 Å². The summed E-state index contributed by atoms with van der Waals surface area (Å²) in [5, 5.41) is 0.571. The maximum absolute atomic E-state index is 13.7. The number of halogens is 3. The van der Waals surface area contributed by atoms with Gasteiger partial charge in [-0.15, -0.1) is 11.3 Å². The highest BCUT2D eigenvalue weighted by molar-refractivity contribution is 7.13. The van der Waals surface area contributed by atoms with Crippen LogP contribution >= 0.6 is 22.9 Å². The summed E-state index contributed by atoms with van der Waals surface area (Å²) in [5.41, 5.74) is 4.85. The summed E-state index contributed by atoms with van der Waals surface area (Å²) in [7, 11) is 5.34. The van der Waals surface area contributed by atoms with Gasteiger partial charge in [0.05, 0.1) is 25.0 Å². The summed E-state index contributed by atoms with van der Waals surface area (Å²) in [6, 6.07) is 5.66. The summed E-state index contributed by atoms with van der Waals surface area (Å²) in [4.78, 5) is 37.2. The van der Waals surface area contributed by atoms with E-state index in [4.69, 9.17) is 26.1 Å². The van der Waals surface area contributed by atoms with Crippen LogP contribution in [0.5, 0.6) is 5.75 Å². The Balaban J connectivity index is 1.15. The van der Waals surface area contributed by atoms with E-state index in [0.29, 0.717) is 67.7 Å². The largest absolute Gasteiger partial charge is 0.493 e. The molecule has 3 aromatic rings. The lowest BCUT2D eigenvalue weighted by Gasteiger charge is -2.40. The molecular formula is C35H41ClF2N4O4S. The van der Waals surface area contributed by atoms with Crippen molar-refractivity contribution in [2.75, 3.05) is 34.4 Å². The number of thiophene rings is 1. The van der Waals surface area contributed by atoms with Gasteiger partial charge in [0.25, 0.3) is 5.56 Å². The fourth-order valence-corrected chi connectivity index (χ4v) is 8.61. The molecule has 0 N–H and O–H groups in total. The van der Waals surface area contributed by atoms with Crippen molar-refractivity contribution >= 4 is 34.5 Å². The van der Waals surface area contributed by atoms with Gasteiger partial charge in [0, 0.05) is 88.8 Å². The molecule has 1 saturated carbocycles. The van der Waals surface area contributed by atoms with Crippen molar-refractivity contribution in [2.24, 2.45) is 5.92 Å². The van der Waals surface area contributed by atoms with Crippen LogP contribution in [-0.4, -0.2) is 71.6 Å². The fraction of sp³-hybridized carbons (Fsp3) is 0.514. The number of carbonyl (C=O) groups excluding carboxylic acids is 1. The Labute approximate surface area is 282 Å². The number of ether oxygens (including phenoxy) is 2. The summed E-state index contributed by atoms with van der Waals surface area (Å²) in [6.45, 7) is 5.82. The highest BCUT2D eigenvalue weighted by Crippen LogP contribution is 2.44. The number of benzene rings is 1. The number of carbonyl (C=O) groups is 1. The third kappa shape index (κ3) is 6.85. The standard InChI is InChI=1S/C35H41ClF2N4O4S/c1-20-31(34(44)45-5)28-19-40(3)18-27(32(28)47-20)25-13-23(36)7-10-30(25)46-12-6-11-42-21(2)39-29-9-8-24(14-26(29)33(42)43)41(4)17-22-15-35(37,38)16-22/h7,10,13,18,22,24H,6,8-9,11-12,14-17,19H2,1-5H3. The molecule has 0 amide bonds. The molecule has 2 aromatic heterocycles. The lowest BCUT2D eigenvalue weighted by Crippen LogP contribution is -2.47. The number of aryl methyl sites for hydroxylation is 3. The van der Waals surface area contributed by atoms with E-state index in [2.05, 4.69) is 4.90 Å². The molecule has 8 nitrogen and oxygen atoms in total. The fourth-order valence-electron chi connectivity index (χ4n) is 7.26. The Kier molecular flexibility index (Phi) is 9.53. The average Bonchev–Trinajstić information content (AvgIpc) is 3.34. The number of esters is 1. The molecule has 1 unspecified atom stereocenters. The monoisotopic (exact) mass is 686 g/mol. The van der Waals surface area contributed by atoms with Gasteiger partial charge in [0.15, 0.2) is 0 Å². The van der Waals surface area contributed by atoms with Gasteiger partial charge in [-0.1, -0.05) is 11.6 Å². The third-order valence-electron chi connectivity index (χ3n) is 9.63. The molecule has 1 fully saturated rings. The molecule has 0 bridgehead atoms. The summed E-state index contributed by atoms with van der Waals surface area (Å²) in [6.07, 6.45) is 4.69. The Bertz CT molecular complexity index is 1780. The minimum absolute atomic E-state index is 0.00877. The van der Waals surface area contributed by atoms with E-state index in [1.54, 1.807) is 22.0 Å². The first-order chi connectivity index (χ1) is 22.3. The van der Waals surface area contributed by atoms with Gasteiger partial charge >= 0.3 is 5.97 Å². The predicted octanol–water partition coefficient (Wildman–Crippen LogP) is 6.50. The zero-order valence-electron chi connectivity index (χ0n) is 27.5. The van der Waals surface area contributed by atoms with Gasteiger partial charge in [-0.2, -0.15) is 0 Å². The number of fused-ring (bicyclic) bond motifs is 2. The molecule has 1 aliphatic heterocycles. The second-order valence-corrected chi connectivity index (χ2v) is 14.8. The Morgan fingerprint density at radius 2 is 2.00 bits per heavy atom. The van der Waals surface area contributed by atoms with Crippen LogP contribution in [0.25, 0.3) is 5.57 Å². The number of methoxy groups -OCH3 is 1. The van der Waals surface area contributed by atoms with Crippen molar-refractivity contribution in [3.63, 3.8) is 0 Å². The lowest BCUT2D eigenvalue weighted by atomic mass is 9.80. The number of hydrogen-bond acceptors (Lipinski definition) is 8. The second kappa shape index (κ2) is 13.3. The van der Waals surface area contributed by atoms with Crippen molar-refractivity contribution in [2.45, 2.75) is 77.4 Å². The quantitative estimate of drug-likeness (QED) is 0.178. The molecule has 6 rings (SSSR count). The Hall–Kier alpha value is -3.28. The van der Waals surface area contributed by atoms with Crippen molar-refractivity contribution in [1.29, 1.82) is 0 Å². The van der Waals surface area contributed by atoms with E-state index in [-0.39, 0.29) is 36.3 Å². The predicted molar refractivity (Wildman–Crippen MR) is 180 cm³/mol. The van der Waals surface area contributed by atoms with Gasteiger partial charge in [-0.05, 0) is 70.7 Å². The average molecular weight is 687 g/mol. The highest BCUT2D eigenvalue weighted by Gasteiger charge is 2.45. The Morgan fingerprint density at radius 1 is 1.23 bits per heavy atom. The maximum Gasteiger partial charge on any atom is 0.339 e. The van der Waals surface area contributed by atoms with Crippen molar-refractivity contribution in [3.05, 3.63) is 83.3 Å². The first-order valence-electron chi connectivity index (χ1n) is 16.1. The first kappa shape index (κ1) is 33.6. The van der Waals surface area contributed by atoms with Gasteiger partial charge in [-0.25, -0.2) is 18.6 Å². The lowest BCUT2D eigenvalue weighted by molar-refractivity contribution is -0.117. The van der Waals surface area contributed by atoms with Crippen molar-refractivity contribution in [3.8, 4) is 5.75 Å². The SMILES string of the molecule is COC(=O)c1c(C)sc2c1CN(C)C=C2c1cc(Cl)ccc1OCCCn1c(C)nc2c(c1=O)CC(N(C)CC1CC(F)(F)C1)CC2. The number of aromatic nitrogens is 2. The van der Waals surface area contributed by atoms with Crippen LogP contribution in [0.4, 0.5) is 8.78 Å². The highest BCUT2D eigenvalue weighted by atomic mass is 35.5. The van der Waals surface area contributed by atoms with Crippen molar-refractivity contribution < 1.29 is 23.0 Å². The molecule has 252 valence electrons. The van der Waals surface area contributed by atoms with Crippen LogP contribution in [0, 0.1) is 19.8 Å². The van der Waals surface area contributed by atoms with E-state index in [0.717, 1.165) is 44.1 Å². The first-order valence-corrected chi connectivity index (χ1v) is 17.3. The number of likely N-dealkylation sites (N-methyl/N-ethyl adjacent to an activating group) is 1. The molecule has 0 spiro atoms. The molecule has 2 aliphatic carbocycles. The number of rotatable bonds is 10. The van der Waals surface area contributed by atoms with Crippen LogP contribution < -0.4 is 10.3 Å². The molecule has 0 radical (unpaired) electrons. The molecule has 0 saturated heterocycles. The van der Waals surface area contributed by atoms with E-state index in [9.17, 15) is 18.4 Å². The minimum atomic E-state index is -2.52. The van der Waals surface area contributed by atoms with E-state index in [1.165, 1.54) is 7.11 Å². The molecule has 12 heteroatoms. The Morgan fingerprint density at radius 3 is 2.72 bits per heavy atom. The summed E-state index contributed by atoms with van der Waals surface area (Å²) < 4.78 is 39.9. The van der Waals surface area contributed by atoms with Crippen LogP contribution in [0.2, 0.25) is 5.02 Å². The zero-order valence-corrected chi connectivity index (χ0v) is 29.1. The zero-order chi connectivity index (χ0) is 33.6. The molecule has 3 aliphatic rings. The van der Waals surface area contributed by atoms with Crippen LogP contribution in [0.15, 0.2) is 29.2 Å². The minimum Gasteiger partial charge on any atom is -0.493 e. The topological polar surface area (TPSA) is 76.9 Å². The van der Waals surface area contributed by atoms with E-state index < -0.39 is 5.92 Å². The molecule has 47 heavy (non-hydrogen) atoms.